The average Bonchev–Trinajstić information content (AvgIpc) is 3.01. The van der Waals surface area contributed by atoms with E-state index >= 15 is 0 Å². The summed E-state index contributed by atoms with van der Waals surface area (Å²) < 4.78 is 34.7. The molecule has 1 N–H and O–H groups in total. The Morgan fingerprint density at radius 3 is 3.00 bits per heavy atom. The molecule has 0 radical (unpaired) electrons. The lowest BCUT2D eigenvalue weighted by Crippen LogP contribution is -2.33. The Balaban J connectivity index is 1.60. The Morgan fingerprint density at radius 2 is 2.26 bits per heavy atom. The second-order valence-electron chi connectivity index (χ2n) is 5.51. The van der Waals surface area contributed by atoms with E-state index in [0.717, 1.165) is 25.2 Å². The SMILES string of the molecule is CCOc1ccc(S(=O)(=O)NC[C@H]2CCn3ccnc3C2)cn1. The van der Waals surface area contributed by atoms with Gasteiger partial charge in [0.1, 0.15) is 10.7 Å². The molecule has 0 fully saturated rings. The third-order valence-electron chi connectivity index (χ3n) is 3.92. The summed E-state index contributed by atoms with van der Waals surface area (Å²) in [6, 6.07) is 3.07. The van der Waals surface area contributed by atoms with Crippen LogP contribution in [0.15, 0.2) is 35.6 Å². The van der Waals surface area contributed by atoms with Gasteiger partial charge in [-0.25, -0.2) is 23.1 Å². The molecule has 0 amide bonds. The minimum atomic E-state index is -3.55. The van der Waals surface area contributed by atoms with Crippen LogP contribution in [0.25, 0.3) is 0 Å². The fourth-order valence-corrected chi connectivity index (χ4v) is 3.72. The van der Waals surface area contributed by atoms with Gasteiger partial charge in [-0.2, -0.15) is 0 Å². The number of ether oxygens (including phenoxy) is 1. The van der Waals surface area contributed by atoms with Gasteiger partial charge in [-0.1, -0.05) is 0 Å². The van der Waals surface area contributed by atoms with Gasteiger partial charge in [0.25, 0.3) is 0 Å². The number of rotatable bonds is 6. The molecule has 3 heterocycles. The summed E-state index contributed by atoms with van der Waals surface area (Å²) >= 11 is 0. The molecular weight excluding hydrogens is 316 g/mol. The van der Waals surface area contributed by atoms with Gasteiger partial charge in [0.2, 0.25) is 15.9 Å². The van der Waals surface area contributed by atoms with Crippen LogP contribution in [-0.4, -0.2) is 36.1 Å². The summed E-state index contributed by atoms with van der Waals surface area (Å²) in [7, 11) is -3.55. The smallest absolute Gasteiger partial charge is 0.242 e. The van der Waals surface area contributed by atoms with Gasteiger partial charge >= 0.3 is 0 Å². The lowest BCUT2D eigenvalue weighted by atomic mass is 9.98. The first kappa shape index (κ1) is 15.9. The summed E-state index contributed by atoms with van der Waals surface area (Å²) in [6.45, 7) is 3.63. The molecule has 7 nitrogen and oxygen atoms in total. The number of pyridine rings is 1. The number of nitrogens with zero attached hydrogens (tertiary/aromatic N) is 3. The van der Waals surface area contributed by atoms with Crippen molar-refractivity contribution in [3.05, 3.63) is 36.5 Å². The number of fused-ring (bicyclic) bond motifs is 1. The second-order valence-corrected chi connectivity index (χ2v) is 7.28. The fourth-order valence-electron chi connectivity index (χ4n) is 2.66. The molecule has 1 aliphatic heterocycles. The zero-order chi connectivity index (χ0) is 16.3. The summed E-state index contributed by atoms with van der Waals surface area (Å²) in [5, 5.41) is 0. The van der Waals surface area contributed by atoms with E-state index in [0.29, 0.717) is 19.0 Å². The summed E-state index contributed by atoms with van der Waals surface area (Å²) in [5.74, 6) is 1.70. The lowest BCUT2D eigenvalue weighted by molar-refractivity contribution is 0.326. The molecule has 3 rings (SSSR count). The summed E-state index contributed by atoms with van der Waals surface area (Å²) in [5.41, 5.74) is 0. The van der Waals surface area contributed by atoms with Gasteiger partial charge in [-0.3, -0.25) is 0 Å². The molecule has 1 atom stereocenters. The van der Waals surface area contributed by atoms with E-state index in [1.807, 2.05) is 13.1 Å². The van der Waals surface area contributed by atoms with E-state index in [4.69, 9.17) is 4.74 Å². The topological polar surface area (TPSA) is 86.1 Å². The van der Waals surface area contributed by atoms with Crippen LogP contribution in [0.2, 0.25) is 0 Å². The van der Waals surface area contributed by atoms with Crippen molar-refractivity contribution in [2.75, 3.05) is 13.2 Å². The molecule has 0 spiro atoms. The molecule has 2 aromatic heterocycles. The maximum atomic E-state index is 12.3. The number of hydrogen-bond donors (Lipinski definition) is 1. The van der Waals surface area contributed by atoms with Crippen LogP contribution in [0.4, 0.5) is 0 Å². The van der Waals surface area contributed by atoms with Gasteiger partial charge < -0.3 is 9.30 Å². The number of imidazole rings is 1. The van der Waals surface area contributed by atoms with Gasteiger partial charge in [0.15, 0.2) is 0 Å². The summed E-state index contributed by atoms with van der Waals surface area (Å²) in [4.78, 5) is 8.45. The van der Waals surface area contributed by atoms with Gasteiger partial charge in [-0.15, -0.1) is 0 Å². The van der Waals surface area contributed by atoms with Crippen LogP contribution in [0.1, 0.15) is 19.2 Å². The lowest BCUT2D eigenvalue weighted by Gasteiger charge is -2.23. The quantitative estimate of drug-likeness (QED) is 0.857. The molecule has 23 heavy (non-hydrogen) atoms. The first-order chi connectivity index (χ1) is 11.1. The van der Waals surface area contributed by atoms with Crippen molar-refractivity contribution in [1.82, 2.24) is 19.3 Å². The van der Waals surface area contributed by atoms with Crippen LogP contribution >= 0.6 is 0 Å². The molecule has 0 bridgehead atoms. The maximum absolute atomic E-state index is 12.3. The minimum absolute atomic E-state index is 0.151. The van der Waals surface area contributed by atoms with Crippen molar-refractivity contribution >= 4 is 10.0 Å². The first-order valence-corrected chi connectivity index (χ1v) is 9.15. The van der Waals surface area contributed by atoms with Crippen LogP contribution in [0.5, 0.6) is 5.88 Å². The van der Waals surface area contributed by atoms with Crippen molar-refractivity contribution in [2.24, 2.45) is 5.92 Å². The highest BCUT2D eigenvalue weighted by molar-refractivity contribution is 7.89. The molecule has 0 aromatic carbocycles. The van der Waals surface area contributed by atoms with Crippen molar-refractivity contribution < 1.29 is 13.2 Å². The second kappa shape index (κ2) is 6.67. The van der Waals surface area contributed by atoms with Crippen LogP contribution in [0, 0.1) is 5.92 Å². The van der Waals surface area contributed by atoms with Crippen LogP contribution in [0.3, 0.4) is 0 Å². The monoisotopic (exact) mass is 336 g/mol. The number of aryl methyl sites for hydroxylation is 1. The number of aromatic nitrogens is 3. The van der Waals surface area contributed by atoms with E-state index in [1.165, 1.54) is 12.3 Å². The highest BCUT2D eigenvalue weighted by atomic mass is 32.2. The maximum Gasteiger partial charge on any atom is 0.242 e. The Labute approximate surface area is 135 Å². The number of nitrogens with one attached hydrogen (secondary N) is 1. The first-order valence-electron chi connectivity index (χ1n) is 7.67. The molecule has 124 valence electrons. The Morgan fingerprint density at radius 1 is 1.39 bits per heavy atom. The molecule has 0 saturated carbocycles. The zero-order valence-corrected chi connectivity index (χ0v) is 13.8. The largest absolute Gasteiger partial charge is 0.478 e. The van der Waals surface area contributed by atoms with Crippen LogP contribution in [-0.2, 0) is 23.0 Å². The van der Waals surface area contributed by atoms with Crippen molar-refractivity contribution in [3.63, 3.8) is 0 Å². The Kier molecular flexibility index (Phi) is 4.63. The molecular formula is C15H20N4O3S. The van der Waals surface area contributed by atoms with Crippen molar-refractivity contribution in [1.29, 1.82) is 0 Å². The molecule has 8 heteroatoms. The van der Waals surface area contributed by atoms with Crippen molar-refractivity contribution in [2.45, 2.75) is 31.2 Å². The predicted octanol–water partition coefficient (Wildman–Crippen LogP) is 1.22. The van der Waals surface area contributed by atoms with E-state index in [1.54, 1.807) is 12.3 Å². The highest BCUT2D eigenvalue weighted by Gasteiger charge is 2.22. The normalized spacial score (nSPS) is 17.7. The van der Waals surface area contributed by atoms with Gasteiger partial charge in [-0.05, 0) is 25.3 Å². The summed E-state index contributed by atoms with van der Waals surface area (Å²) in [6.07, 6.45) is 6.79. The Bertz CT molecular complexity index is 755. The third kappa shape index (κ3) is 3.70. The molecule has 0 saturated heterocycles. The van der Waals surface area contributed by atoms with E-state index in [-0.39, 0.29) is 10.8 Å². The predicted molar refractivity (Wildman–Crippen MR) is 84.6 cm³/mol. The molecule has 0 unspecified atom stereocenters. The van der Waals surface area contributed by atoms with Crippen molar-refractivity contribution in [3.8, 4) is 5.88 Å². The average molecular weight is 336 g/mol. The minimum Gasteiger partial charge on any atom is -0.478 e. The fraction of sp³-hybridized carbons (Fsp3) is 0.467. The zero-order valence-electron chi connectivity index (χ0n) is 13.0. The van der Waals surface area contributed by atoms with E-state index in [2.05, 4.69) is 19.3 Å². The van der Waals surface area contributed by atoms with E-state index < -0.39 is 10.0 Å². The number of sulfonamides is 1. The third-order valence-corrected chi connectivity index (χ3v) is 5.33. The number of hydrogen-bond acceptors (Lipinski definition) is 5. The molecule has 0 aliphatic carbocycles. The van der Waals surface area contributed by atoms with Crippen LogP contribution < -0.4 is 9.46 Å². The Hall–Kier alpha value is -1.93. The van der Waals surface area contributed by atoms with Gasteiger partial charge in [0.05, 0.1) is 12.8 Å². The van der Waals surface area contributed by atoms with Gasteiger partial charge in [0, 0.05) is 38.0 Å². The highest BCUT2D eigenvalue weighted by Crippen LogP contribution is 2.19. The molecule has 1 aliphatic rings. The molecule has 2 aromatic rings. The standard InChI is InChI=1S/C15H20N4O3S/c1-2-22-15-4-3-13(11-17-15)23(20,21)18-10-12-5-7-19-8-6-16-14(19)9-12/h3-4,6,8,11-12,18H,2,5,7,9-10H2,1H3/t12-/m0/s1. The van der Waals surface area contributed by atoms with E-state index in [9.17, 15) is 8.42 Å².